The van der Waals surface area contributed by atoms with E-state index in [1.54, 1.807) is 18.4 Å². The highest BCUT2D eigenvalue weighted by molar-refractivity contribution is 7.17. The number of imidazole rings is 1. The molecule has 3 rings (SSSR count). The zero-order valence-electron chi connectivity index (χ0n) is 10.6. The van der Waals surface area contributed by atoms with E-state index in [1.165, 1.54) is 0 Å². The van der Waals surface area contributed by atoms with Gasteiger partial charge in [-0.25, -0.2) is 4.98 Å². The van der Waals surface area contributed by atoms with Gasteiger partial charge < -0.3 is 4.74 Å². The van der Waals surface area contributed by atoms with Crippen molar-refractivity contribution in [3.63, 3.8) is 0 Å². The molecule has 2 heterocycles. The lowest BCUT2D eigenvalue weighted by Gasteiger charge is -2.06. The van der Waals surface area contributed by atoms with Crippen LogP contribution in [0.4, 0.5) is 0 Å². The molecule has 0 spiro atoms. The monoisotopic (exact) mass is 272 g/mol. The van der Waals surface area contributed by atoms with Gasteiger partial charge in [-0.15, -0.1) is 11.3 Å². The third kappa shape index (κ3) is 1.82. The van der Waals surface area contributed by atoms with E-state index in [0.717, 1.165) is 21.7 Å². The van der Waals surface area contributed by atoms with Crippen LogP contribution in [-0.4, -0.2) is 22.8 Å². The van der Waals surface area contributed by atoms with Crippen LogP contribution >= 0.6 is 11.3 Å². The van der Waals surface area contributed by atoms with Crippen molar-refractivity contribution in [3.05, 3.63) is 41.0 Å². The summed E-state index contributed by atoms with van der Waals surface area (Å²) in [4.78, 5) is 17.9. The van der Waals surface area contributed by atoms with E-state index in [-0.39, 0.29) is 0 Å². The van der Waals surface area contributed by atoms with E-state index < -0.39 is 0 Å². The quantitative estimate of drug-likeness (QED) is 0.688. The fraction of sp³-hybridized carbons (Fsp3) is 0.143. The normalized spacial score (nSPS) is 10.8. The molecule has 2 aromatic heterocycles. The lowest BCUT2D eigenvalue weighted by Crippen LogP contribution is -1.93. The average Bonchev–Trinajstić information content (AvgIpc) is 2.94. The number of methoxy groups -OCH3 is 1. The first-order chi connectivity index (χ1) is 9.24. The van der Waals surface area contributed by atoms with Crippen LogP contribution in [0.1, 0.15) is 15.4 Å². The molecule has 0 saturated carbocycles. The van der Waals surface area contributed by atoms with Gasteiger partial charge in [0.25, 0.3) is 0 Å². The second-order valence-electron chi connectivity index (χ2n) is 4.16. The Hall–Kier alpha value is -2.14. The van der Waals surface area contributed by atoms with Crippen LogP contribution in [0.3, 0.4) is 0 Å². The summed E-state index contributed by atoms with van der Waals surface area (Å²) in [5.41, 5.74) is 2.06. The lowest BCUT2D eigenvalue weighted by atomic mass is 10.1. The predicted octanol–water partition coefficient (Wildman–Crippen LogP) is 3.19. The Morgan fingerprint density at radius 2 is 2.16 bits per heavy atom. The Morgan fingerprint density at radius 3 is 2.89 bits per heavy atom. The summed E-state index contributed by atoms with van der Waals surface area (Å²) in [6.45, 7) is 2.00. The maximum Gasteiger partial charge on any atom is 0.195 e. The highest BCUT2D eigenvalue weighted by atomic mass is 32.1. The number of para-hydroxylation sites is 1. The summed E-state index contributed by atoms with van der Waals surface area (Å²) in [5.74, 6) is 0.716. The Balaban J connectivity index is 2.30. The minimum absolute atomic E-state index is 0.559. The van der Waals surface area contributed by atoms with Crippen molar-refractivity contribution < 1.29 is 9.53 Å². The minimum Gasteiger partial charge on any atom is -0.496 e. The van der Waals surface area contributed by atoms with Gasteiger partial charge in [-0.2, -0.15) is 0 Å². The largest absolute Gasteiger partial charge is 0.496 e. The van der Waals surface area contributed by atoms with E-state index in [0.29, 0.717) is 17.1 Å². The number of fused-ring (bicyclic) bond motifs is 1. The summed E-state index contributed by atoms with van der Waals surface area (Å²) in [6.07, 6.45) is 2.77. The van der Waals surface area contributed by atoms with Crippen LogP contribution in [0, 0.1) is 6.92 Å². The second kappa shape index (κ2) is 4.51. The molecule has 0 unspecified atom stereocenters. The highest BCUT2D eigenvalue weighted by Gasteiger charge is 2.17. The number of nitrogens with zero attached hydrogens (tertiary/aromatic N) is 2. The zero-order valence-corrected chi connectivity index (χ0v) is 11.4. The number of hydrogen-bond acceptors (Lipinski definition) is 4. The van der Waals surface area contributed by atoms with E-state index in [9.17, 15) is 4.79 Å². The standard InChI is InChI=1S/C14H12N2O2S/c1-9-7-16-11(8-17)13(15-14(16)19-9)10-5-3-4-6-12(10)18-2/h3-8H,1-2H3. The van der Waals surface area contributed by atoms with Crippen LogP contribution in [0.15, 0.2) is 30.5 Å². The second-order valence-corrected chi connectivity index (χ2v) is 5.37. The van der Waals surface area contributed by atoms with Gasteiger partial charge in [-0.1, -0.05) is 12.1 Å². The maximum absolute atomic E-state index is 11.4. The molecule has 0 aliphatic carbocycles. The van der Waals surface area contributed by atoms with Crippen LogP contribution in [-0.2, 0) is 0 Å². The first-order valence-electron chi connectivity index (χ1n) is 5.81. The Kier molecular flexibility index (Phi) is 2.83. The van der Waals surface area contributed by atoms with Crippen LogP contribution < -0.4 is 4.74 Å². The first kappa shape index (κ1) is 11.9. The molecule has 4 nitrogen and oxygen atoms in total. The third-order valence-corrected chi connectivity index (χ3v) is 3.85. The molecule has 0 fully saturated rings. The molecule has 0 aliphatic rings. The van der Waals surface area contributed by atoms with E-state index in [4.69, 9.17) is 4.74 Å². The summed E-state index contributed by atoms with van der Waals surface area (Å²) >= 11 is 1.56. The molecule has 0 bridgehead atoms. The number of ether oxygens (including phenoxy) is 1. The van der Waals surface area contributed by atoms with Crippen LogP contribution in [0.5, 0.6) is 5.75 Å². The molecule has 0 atom stereocenters. The third-order valence-electron chi connectivity index (χ3n) is 2.95. The maximum atomic E-state index is 11.4. The van der Waals surface area contributed by atoms with Crippen molar-refractivity contribution in [2.24, 2.45) is 0 Å². The van der Waals surface area contributed by atoms with Gasteiger partial charge >= 0.3 is 0 Å². The number of carbonyl (C=O) groups excluding carboxylic acids is 1. The van der Waals surface area contributed by atoms with E-state index >= 15 is 0 Å². The molecule has 0 aliphatic heterocycles. The molecule has 0 saturated heterocycles. The van der Waals surface area contributed by atoms with Gasteiger partial charge in [-0.05, 0) is 19.1 Å². The van der Waals surface area contributed by atoms with E-state index in [2.05, 4.69) is 4.98 Å². The molecule has 1 aromatic carbocycles. The first-order valence-corrected chi connectivity index (χ1v) is 6.63. The minimum atomic E-state index is 0.559. The number of aldehydes is 1. The summed E-state index contributed by atoms with van der Waals surface area (Å²) in [6, 6.07) is 7.57. The number of thiazole rings is 1. The summed E-state index contributed by atoms with van der Waals surface area (Å²) < 4.78 is 7.16. The number of aromatic nitrogens is 2. The Morgan fingerprint density at radius 1 is 1.37 bits per heavy atom. The number of carbonyl (C=O) groups is 1. The van der Waals surface area contributed by atoms with Crippen molar-refractivity contribution in [2.75, 3.05) is 7.11 Å². The van der Waals surface area contributed by atoms with Crippen LogP contribution in [0.25, 0.3) is 16.2 Å². The summed E-state index contributed by atoms with van der Waals surface area (Å²) in [7, 11) is 1.61. The van der Waals surface area contributed by atoms with Gasteiger partial charge in [-0.3, -0.25) is 9.20 Å². The molecule has 0 N–H and O–H groups in total. The lowest BCUT2D eigenvalue weighted by molar-refractivity contribution is 0.111. The van der Waals surface area contributed by atoms with Gasteiger partial charge in [0, 0.05) is 16.6 Å². The van der Waals surface area contributed by atoms with Crippen LogP contribution in [0.2, 0.25) is 0 Å². The number of aryl methyl sites for hydroxylation is 1. The average molecular weight is 272 g/mol. The molecule has 0 amide bonds. The molecule has 3 aromatic rings. The number of hydrogen-bond donors (Lipinski definition) is 0. The van der Waals surface area contributed by atoms with Gasteiger partial charge in [0.15, 0.2) is 11.2 Å². The Labute approximate surface area is 114 Å². The van der Waals surface area contributed by atoms with Crippen molar-refractivity contribution in [3.8, 4) is 17.0 Å². The van der Waals surface area contributed by atoms with Crippen molar-refractivity contribution in [1.82, 2.24) is 9.38 Å². The topological polar surface area (TPSA) is 43.6 Å². The molecular weight excluding hydrogens is 260 g/mol. The Bertz CT molecular complexity index is 758. The van der Waals surface area contributed by atoms with Crippen molar-refractivity contribution in [1.29, 1.82) is 0 Å². The van der Waals surface area contributed by atoms with Gasteiger partial charge in [0.2, 0.25) is 0 Å². The summed E-state index contributed by atoms with van der Waals surface area (Å²) in [5, 5.41) is 0. The molecule has 0 radical (unpaired) electrons. The van der Waals surface area contributed by atoms with E-state index in [1.807, 2.05) is 41.8 Å². The smallest absolute Gasteiger partial charge is 0.195 e. The fourth-order valence-electron chi connectivity index (χ4n) is 2.12. The van der Waals surface area contributed by atoms with Crippen molar-refractivity contribution >= 4 is 22.6 Å². The molecular formula is C14H12N2O2S. The molecule has 19 heavy (non-hydrogen) atoms. The van der Waals surface area contributed by atoms with Gasteiger partial charge in [0.1, 0.15) is 17.1 Å². The predicted molar refractivity (Wildman–Crippen MR) is 75.2 cm³/mol. The zero-order chi connectivity index (χ0) is 13.4. The molecule has 5 heteroatoms. The number of rotatable bonds is 3. The van der Waals surface area contributed by atoms with Crippen molar-refractivity contribution in [2.45, 2.75) is 6.92 Å². The SMILES string of the molecule is COc1ccccc1-c1nc2sc(C)cn2c1C=O. The number of benzene rings is 1. The van der Waals surface area contributed by atoms with Gasteiger partial charge in [0.05, 0.1) is 7.11 Å². The fourth-order valence-corrected chi connectivity index (χ4v) is 2.96. The molecule has 96 valence electrons. The highest BCUT2D eigenvalue weighted by Crippen LogP contribution is 2.33.